The van der Waals surface area contributed by atoms with E-state index in [0.717, 1.165) is 43.5 Å². The first-order valence-corrected chi connectivity index (χ1v) is 8.27. The van der Waals surface area contributed by atoms with Crippen LogP contribution in [0.4, 0.5) is 13.2 Å². The van der Waals surface area contributed by atoms with Crippen LogP contribution < -0.4 is 0 Å². The van der Waals surface area contributed by atoms with Gasteiger partial charge in [-0.15, -0.1) is 0 Å². The van der Waals surface area contributed by atoms with E-state index in [2.05, 4.69) is 11.9 Å². The summed E-state index contributed by atoms with van der Waals surface area (Å²) in [5, 5.41) is 0. The van der Waals surface area contributed by atoms with Crippen LogP contribution in [0.1, 0.15) is 30.4 Å². The van der Waals surface area contributed by atoms with Gasteiger partial charge in [0, 0.05) is 24.9 Å². The fraction of sp³-hybridized carbons (Fsp3) is 0.667. The van der Waals surface area contributed by atoms with Crippen molar-refractivity contribution < 1.29 is 17.9 Å². The monoisotopic (exact) mass is 327 g/mol. The first-order valence-electron chi connectivity index (χ1n) is 8.27. The zero-order valence-corrected chi connectivity index (χ0v) is 13.7. The van der Waals surface area contributed by atoms with Crippen LogP contribution in [0, 0.1) is 18.8 Å². The first-order chi connectivity index (χ1) is 10.8. The lowest BCUT2D eigenvalue weighted by atomic mass is 9.62. The molecule has 23 heavy (non-hydrogen) atoms. The Kier molecular flexibility index (Phi) is 4.45. The van der Waals surface area contributed by atoms with E-state index in [0.29, 0.717) is 0 Å². The normalized spacial score (nSPS) is 32.0. The number of hydrogen-bond acceptors (Lipinski definition) is 2. The van der Waals surface area contributed by atoms with Gasteiger partial charge in [-0.05, 0) is 32.4 Å². The summed E-state index contributed by atoms with van der Waals surface area (Å²) >= 11 is 0. The van der Waals surface area contributed by atoms with Crippen molar-refractivity contribution in [2.45, 2.75) is 38.0 Å². The highest BCUT2D eigenvalue weighted by Gasteiger charge is 2.54. The summed E-state index contributed by atoms with van der Waals surface area (Å²) in [5.41, 5.74) is 1.19. The van der Waals surface area contributed by atoms with Crippen LogP contribution in [0.2, 0.25) is 0 Å². The summed E-state index contributed by atoms with van der Waals surface area (Å²) in [6, 6.07) is 7.86. The number of rotatable bonds is 3. The van der Waals surface area contributed by atoms with Crippen molar-refractivity contribution in [3.8, 4) is 0 Å². The zero-order valence-electron chi connectivity index (χ0n) is 13.7. The molecule has 0 N–H and O–H groups in total. The van der Waals surface area contributed by atoms with Crippen molar-refractivity contribution in [2.24, 2.45) is 11.8 Å². The van der Waals surface area contributed by atoms with Crippen LogP contribution in [-0.2, 0) is 10.3 Å². The molecule has 2 fully saturated rings. The van der Waals surface area contributed by atoms with Gasteiger partial charge in [0.2, 0.25) is 0 Å². The second-order valence-corrected chi connectivity index (χ2v) is 7.11. The molecule has 128 valence electrons. The highest BCUT2D eigenvalue weighted by atomic mass is 19.4. The molecule has 5 heteroatoms. The number of aryl methyl sites for hydroxylation is 1. The third kappa shape index (κ3) is 3.26. The van der Waals surface area contributed by atoms with Crippen LogP contribution in [0.5, 0.6) is 0 Å². The third-order valence-corrected chi connectivity index (χ3v) is 5.33. The third-order valence-electron chi connectivity index (χ3n) is 5.33. The molecule has 0 spiro atoms. The van der Waals surface area contributed by atoms with Crippen molar-refractivity contribution in [3.05, 3.63) is 35.4 Å². The fourth-order valence-electron chi connectivity index (χ4n) is 4.53. The van der Waals surface area contributed by atoms with E-state index < -0.39 is 18.4 Å². The second kappa shape index (κ2) is 6.10. The Bertz CT molecular complexity index is 543. The van der Waals surface area contributed by atoms with Gasteiger partial charge in [-0.25, -0.2) is 0 Å². The van der Waals surface area contributed by atoms with E-state index in [-0.39, 0.29) is 11.8 Å². The Balaban J connectivity index is 2.03. The molecule has 1 aromatic rings. The molecule has 1 saturated carbocycles. The van der Waals surface area contributed by atoms with Crippen molar-refractivity contribution in [1.29, 1.82) is 0 Å². The molecule has 2 nitrogen and oxygen atoms in total. The van der Waals surface area contributed by atoms with Crippen LogP contribution in [0.15, 0.2) is 24.3 Å². The molecular weight excluding hydrogens is 303 g/mol. The number of ether oxygens (including phenoxy) is 1. The van der Waals surface area contributed by atoms with Gasteiger partial charge in [-0.1, -0.05) is 36.2 Å². The minimum Gasteiger partial charge on any atom is -0.360 e. The van der Waals surface area contributed by atoms with Gasteiger partial charge >= 0.3 is 6.18 Å². The molecule has 1 heterocycles. The molecular formula is C18H24F3NO. The van der Waals surface area contributed by atoms with Gasteiger partial charge in [-0.3, -0.25) is 0 Å². The Morgan fingerprint density at radius 3 is 2.43 bits per heavy atom. The lowest BCUT2D eigenvalue weighted by Crippen LogP contribution is -2.59. The van der Waals surface area contributed by atoms with Gasteiger partial charge in [0.05, 0.1) is 0 Å². The molecule has 0 radical (unpaired) electrons. The van der Waals surface area contributed by atoms with Crippen LogP contribution in [0.25, 0.3) is 0 Å². The predicted molar refractivity (Wildman–Crippen MR) is 83.2 cm³/mol. The maximum Gasteiger partial charge on any atom is 0.411 e. The summed E-state index contributed by atoms with van der Waals surface area (Å²) in [6.45, 7) is 2.40. The number of hydrogen-bond donors (Lipinski definition) is 0. The number of halogens is 3. The Morgan fingerprint density at radius 2 is 1.87 bits per heavy atom. The number of piperidine rings is 1. The van der Waals surface area contributed by atoms with Crippen LogP contribution >= 0.6 is 0 Å². The summed E-state index contributed by atoms with van der Waals surface area (Å²) < 4.78 is 44.4. The number of likely N-dealkylation sites (tertiary alicyclic amines) is 1. The second-order valence-electron chi connectivity index (χ2n) is 7.11. The molecule has 1 aliphatic carbocycles. The molecule has 1 aliphatic heterocycles. The Hall–Kier alpha value is -1.07. The number of nitrogens with zero attached hydrogens (tertiary/aromatic N) is 1. The molecule has 2 bridgehead atoms. The number of fused-ring (bicyclic) bond motifs is 2. The van der Waals surface area contributed by atoms with Crippen molar-refractivity contribution in [3.63, 3.8) is 0 Å². The minimum atomic E-state index is -4.30. The summed E-state index contributed by atoms with van der Waals surface area (Å²) in [6.07, 6.45) is -1.38. The molecule has 1 saturated heterocycles. The molecule has 2 atom stereocenters. The summed E-state index contributed by atoms with van der Waals surface area (Å²) in [7, 11) is 2.05. The van der Waals surface area contributed by atoms with E-state index in [9.17, 15) is 13.2 Å². The lowest BCUT2D eigenvalue weighted by Gasteiger charge is -2.55. The quantitative estimate of drug-likeness (QED) is 0.828. The number of alkyl halides is 3. The average molecular weight is 327 g/mol. The SMILES string of the molecule is Cc1cccc(C2(OCC(F)(F)F)C3CCCC2CN(C)C3)c1. The summed E-state index contributed by atoms with van der Waals surface area (Å²) in [4.78, 5) is 2.24. The maximum atomic E-state index is 12.9. The molecule has 1 aromatic carbocycles. The van der Waals surface area contributed by atoms with E-state index in [1.807, 2.05) is 31.2 Å². The van der Waals surface area contributed by atoms with Crippen molar-refractivity contribution >= 4 is 0 Å². The van der Waals surface area contributed by atoms with Crippen molar-refractivity contribution in [2.75, 3.05) is 26.7 Å². The van der Waals surface area contributed by atoms with Gasteiger partial charge in [0.1, 0.15) is 12.2 Å². The smallest absolute Gasteiger partial charge is 0.360 e. The molecule has 2 aliphatic rings. The Morgan fingerprint density at radius 1 is 1.22 bits per heavy atom. The largest absolute Gasteiger partial charge is 0.411 e. The molecule has 0 amide bonds. The summed E-state index contributed by atoms with van der Waals surface area (Å²) in [5.74, 6) is 0.230. The minimum absolute atomic E-state index is 0.115. The van der Waals surface area contributed by atoms with Gasteiger partial charge < -0.3 is 9.64 Å². The van der Waals surface area contributed by atoms with Crippen molar-refractivity contribution in [1.82, 2.24) is 4.90 Å². The average Bonchev–Trinajstić information content (AvgIpc) is 2.44. The number of benzene rings is 1. The van der Waals surface area contributed by atoms with Gasteiger partial charge in [0.15, 0.2) is 0 Å². The molecule has 0 aromatic heterocycles. The van der Waals surface area contributed by atoms with Gasteiger partial charge in [-0.2, -0.15) is 13.2 Å². The maximum absolute atomic E-state index is 12.9. The topological polar surface area (TPSA) is 12.5 Å². The van der Waals surface area contributed by atoms with E-state index in [4.69, 9.17) is 4.74 Å². The first kappa shape index (κ1) is 16.8. The lowest BCUT2D eigenvalue weighted by molar-refractivity contribution is -0.251. The fourth-order valence-corrected chi connectivity index (χ4v) is 4.53. The van der Waals surface area contributed by atoms with E-state index >= 15 is 0 Å². The van der Waals surface area contributed by atoms with Gasteiger partial charge in [0.25, 0.3) is 0 Å². The highest BCUT2D eigenvalue weighted by molar-refractivity contribution is 5.31. The van der Waals surface area contributed by atoms with E-state index in [1.54, 1.807) is 0 Å². The highest BCUT2D eigenvalue weighted by Crippen LogP contribution is 2.52. The Labute approximate surface area is 135 Å². The standard InChI is InChI=1S/C18H24F3NO/c1-13-5-3-6-14(9-13)18(23-12-17(19,20)21)15-7-4-8-16(18)11-22(2)10-15/h3,5-6,9,15-16H,4,7-8,10-12H2,1-2H3. The molecule has 2 unspecified atom stereocenters. The molecule has 3 rings (SSSR count). The van der Waals surface area contributed by atoms with Crippen LogP contribution in [-0.4, -0.2) is 37.8 Å². The predicted octanol–water partition coefficient (Wildman–Crippen LogP) is 4.13. The van der Waals surface area contributed by atoms with E-state index in [1.165, 1.54) is 0 Å². The zero-order chi connectivity index (χ0) is 16.7. The van der Waals surface area contributed by atoms with Crippen LogP contribution in [0.3, 0.4) is 0 Å².